The van der Waals surface area contributed by atoms with Crippen molar-refractivity contribution in [2.75, 3.05) is 0 Å². The number of hydrogen-bond donors (Lipinski definition) is 0. The van der Waals surface area contributed by atoms with E-state index in [9.17, 15) is 0 Å². The highest BCUT2D eigenvalue weighted by molar-refractivity contribution is 6.28. The molecule has 1 aromatic heterocycles. The number of benzene rings is 12. The van der Waals surface area contributed by atoms with Crippen LogP contribution in [0, 0.1) is 0 Å². The van der Waals surface area contributed by atoms with Crippen LogP contribution in [0.5, 0.6) is 0 Å². The predicted octanol–water partition coefficient (Wildman–Crippen LogP) is 17.4. The highest BCUT2D eigenvalue weighted by Gasteiger charge is 2.47. The molecule has 330 valence electrons. The molecular weight excluding hydrogens is 855 g/mol. The van der Waals surface area contributed by atoms with E-state index in [1.807, 2.05) is 0 Å². The summed E-state index contributed by atoms with van der Waals surface area (Å²) in [6.45, 7) is 0. The molecule has 0 atom stereocenters. The number of hydrogen-bond acceptors (Lipinski definition) is 0. The van der Waals surface area contributed by atoms with Gasteiger partial charge in [0.2, 0.25) is 0 Å². The summed E-state index contributed by atoms with van der Waals surface area (Å²) in [5.74, 6) is 0. The van der Waals surface area contributed by atoms with Crippen LogP contribution in [-0.4, -0.2) is 4.57 Å². The van der Waals surface area contributed by atoms with Crippen LogP contribution in [0.1, 0.15) is 44.5 Å². The average molecular weight is 900 g/mol. The topological polar surface area (TPSA) is 4.93 Å². The molecule has 1 heterocycles. The minimum Gasteiger partial charge on any atom is -0.309 e. The molecule has 2 aliphatic carbocycles. The molecule has 1 heteroatoms. The monoisotopic (exact) mass is 899 g/mol. The highest BCUT2D eigenvalue weighted by atomic mass is 15.0. The van der Waals surface area contributed by atoms with E-state index in [0.717, 1.165) is 5.69 Å². The molecule has 0 unspecified atom stereocenters. The molecule has 0 fully saturated rings. The van der Waals surface area contributed by atoms with E-state index in [1.54, 1.807) is 0 Å². The fourth-order valence-electron chi connectivity index (χ4n) is 13.3. The summed E-state index contributed by atoms with van der Waals surface area (Å²) < 4.78 is 2.47. The zero-order valence-corrected chi connectivity index (χ0v) is 38.9. The molecule has 13 aromatic rings. The van der Waals surface area contributed by atoms with Gasteiger partial charge in [0, 0.05) is 16.5 Å². The van der Waals surface area contributed by atoms with E-state index in [0.29, 0.717) is 0 Å². The Kier molecular flexibility index (Phi) is 8.56. The fourth-order valence-corrected chi connectivity index (χ4v) is 13.3. The molecule has 2 aliphatic rings. The van der Waals surface area contributed by atoms with Gasteiger partial charge in [-0.15, -0.1) is 0 Å². The minimum absolute atomic E-state index is 0.483. The first-order valence-corrected chi connectivity index (χ1v) is 24.8. The Hall–Kier alpha value is -9.04. The largest absolute Gasteiger partial charge is 0.309 e. The SMILES string of the molecule is c1ccc(-n2c3ccc(-c4ccc5c(c4)C(c4ccccc4)(c4ccccc4)c4ccccc4-5)c4ccc5c(-c6ccc7c(c6)C(c6ccccc6)(c6ccccc6)c6ccccc6-7)ccc2c5c43)cc1. The van der Waals surface area contributed by atoms with E-state index in [4.69, 9.17) is 0 Å². The van der Waals surface area contributed by atoms with Gasteiger partial charge in [0.15, 0.2) is 0 Å². The quantitative estimate of drug-likeness (QED) is 0.141. The van der Waals surface area contributed by atoms with Crippen molar-refractivity contribution in [2.24, 2.45) is 0 Å². The molecule has 0 saturated carbocycles. The minimum atomic E-state index is -0.483. The van der Waals surface area contributed by atoms with Gasteiger partial charge in [-0.1, -0.05) is 237 Å². The molecule has 0 aliphatic heterocycles. The van der Waals surface area contributed by atoms with E-state index in [1.165, 1.54) is 122 Å². The van der Waals surface area contributed by atoms with Gasteiger partial charge in [-0.05, 0) is 136 Å². The molecule has 0 N–H and O–H groups in total. The first kappa shape index (κ1) is 39.9. The summed E-state index contributed by atoms with van der Waals surface area (Å²) in [5, 5.41) is 5.09. The molecule has 0 spiro atoms. The van der Waals surface area contributed by atoms with Crippen molar-refractivity contribution in [3.63, 3.8) is 0 Å². The van der Waals surface area contributed by atoms with Crippen molar-refractivity contribution in [1.29, 1.82) is 0 Å². The second-order valence-corrected chi connectivity index (χ2v) is 19.4. The van der Waals surface area contributed by atoms with Crippen molar-refractivity contribution >= 4 is 32.6 Å². The van der Waals surface area contributed by atoms with E-state index in [-0.39, 0.29) is 0 Å². The van der Waals surface area contributed by atoms with Crippen molar-refractivity contribution in [3.8, 4) is 50.2 Å². The van der Waals surface area contributed by atoms with Gasteiger partial charge < -0.3 is 4.57 Å². The number of rotatable bonds is 7. The van der Waals surface area contributed by atoms with Crippen molar-refractivity contribution in [2.45, 2.75) is 10.8 Å². The van der Waals surface area contributed by atoms with Gasteiger partial charge in [0.1, 0.15) is 0 Å². The Labute approximate surface area is 413 Å². The number of fused-ring (bicyclic) bond motifs is 6. The summed E-state index contributed by atoms with van der Waals surface area (Å²) in [6, 6.07) is 102. The standard InChI is InChI=1S/C70H45N/c1-6-20-48(21-7-1)69(49-22-8-2-9-23-49)61-32-18-16-30-55(61)57-36-34-46(44-63(57)69)53-40-42-65-67-59(53)38-39-60-54(41-43-66(68(60)67)71(65)52-28-14-5-15-29-52)47-35-37-58-56-31-17-19-33-62(56)70(64(58)45-47,50-24-10-3-11-25-50)51-26-12-4-13-27-51/h1-45H. The maximum absolute atomic E-state index is 2.51. The van der Waals surface area contributed by atoms with Crippen molar-refractivity contribution in [1.82, 2.24) is 4.57 Å². The molecule has 15 rings (SSSR count). The van der Waals surface area contributed by atoms with Crippen LogP contribution in [0.15, 0.2) is 273 Å². The van der Waals surface area contributed by atoms with E-state index in [2.05, 4.69) is 278 Å². The van der Waals surface area contributed by atoms with Gasteiger partial charge in [-0.3, -0.25) is 0 Å². The van der Waals surface area contributed by atoms with Gasteiger partial charge in [-0.2, -0.15) is 0 Å². The van der Waals surface area contributed by atoms with E-state index >= 15 is 0 Å². The van der Waals surface area contributed by atoms with Crippen LogP contribution in [0.2, 0.25) is 0 Å². The third-order valence-electron chi connectivity index (χ3n) is 16.1. The second-order valence-electron chi connectivity index (χ2n) is 19.4. The Morgan fingerprint density at radius 1 is 0.239 bits per heavy atom. The maximum atomic E-state index is 2.51. The Bertz CT molecular complexity index is 3850. The predicted molar refractivity (Wildman–Crippen MR) is 295 cm³/mol. The van der Waals surface area contributed by atoms with Gasteiger partial charge in [0.05, 0.1) is 21.9 Å². The normalized spacial score (nSPS) is 13.9. The van der Waals surface area contributed by atoms with Crippen molar-refractivity contribution in [3.05, 3.63) is 317 Å². The zero-order chi connectivity index (χ0) is 46.7. The Balaban J connectivity index is 0.975. The molecule has 0 saturated heterocycles. The summed E-state index contributed by atoms with van der Waals surface area (Å²) in [4.78, 5) is 0. The van der Waals surface area contributed by atoms with Crippen LogP contribution >= 0.6 is 0 Å². The van der Waals surface area contributed by atoms with E-state index < -0.39 is 10.8 Å². The first-order valence-electron chi connectivity index (χ1n) is 24.8. The van der Waals surface area contributed by atoms with Crippen LogP contribution in [0.4, 0.5) is 0 Å². The van der Waals surface area contributed by atoms with Crippen molar-refractivity contribution < 1.29 is 0 Å². The second kappa shape index (κ2) is 15.2. The lowest BCUT2D eigenvalue weighted by Gasteiger charge is -2.34. The first-order chi connectivity index (χ1) is 35.2. The zero-order valence-electron chi connectivity index (χ0n) is 38.9. The lowest BCUT2D eigenvalue weighted by Crippen LogP contribution is -2.28. The summed E-state index contributed by atoms with van der Waals surface area (Å²) in [7, 11) is 0. The fraction of sp³-hybridized carbons (Fsp3) is 0.0286. The number of aromatic nitrogens is 1. The Morgan fingerprint density at radius 3 is 0.958 bits per heavy atom. The van der Waals surface area contributed by atoms with Gasteiger partial charge in [0.25, 0.3) is 0 Å². The van der Waals surface area contributed by atoms with Crippen LogP contribution < -0.4 is 0 Å². The lowest BCUT2D eigenvalue weighted by molar-refractivity contribution is 0.769. The molecule has 12 aromatic carbocycles. The average Bonchev–Trinajstić information content (AvgIpc) is 4.06. The summed E-state index contributed by atoms with van der Waals surface area (Å²) in [5.41, 5.74) is 23.0. The molecule has 0 bridgehead atoms. The van der Waals surface area contributed by atoms with Crippen LogP contribution in [0.3, 0.4) is 0 Å². The molecule has 0 amide bonds. The number of nitrogens with zero attached hydrogens (tertiary/aromatic N) is 1. The lowest BCUT2D eigenvalue weighted by atomic mass is 9.67. The number of para-hydroxylation sites is 1. The van der Waals surface area contributed by atoms with Gasteiger partial charge in [-0.25, -0.2) is 0 Å². The molecule has 1 nitrogen and oxygen atoms in total. The van der Waals surface area contributed by atoms with Crippen LogP contribution in [0.25, 0.3) is 82.8 Å². The van der Waals surface area contributed by atoms with Gasteiger partial charge >= 0.3 is 0 Å². The molecule has 0 radical (unpaired) electrons. The maximum Gasteiger partial charge on any atom is 0.0713 e. The third-order valence-corrected chi connectivity index (χ3v) is 16.1. The molecule has 71 heavy (non-hydrogen) atoms. The molecular formula is C70H45N. The highest BCUT2D eigenvalue weighted by Crippen LogP contribution is 2.59. The third kappa shape index (κ3) is 5.41. The summed E-state index contributed by atoms with van der Waals surface area (Å²) in [6.07, 6.45) is 0. The Morgan fingerprint density at radius 2 is 0.563 bits per heavy atom. The van der Waals surface area contributed by atoms with Crippen LogP contribution in [-0.2, 0) is 10.8 Å². The smallest absolute Gasteiger partial charge is 0.0713 e. The summed E-state index contributed by atoms with van der Waals surface area (Å²) >= 11 is 0.